The molecule has 0 heterocycles. The molecule has 4 nitrogen and oxygen atoms in total. The van der Waals surface area contributed by atoms with Crippen molar-refractivity contribution in [1.29, 1.82) is 0 Å². The Hall–Kier alpha value is -1.58. The average molecular weight is 221 g/mol. The number of nitro benzene ring substituents is 1. The van der Waals surface area contributed by atoms with Gasteiger partial charge in [-0.15, -0.1) is 0 Å². The Morgan fingerprint density at radius 3 is 2.62 bits per heavy atom. The Kier molecular flexibility index (Phi) is 2.81. The fourth-order valence-electron chi connectivity index (χ4n) is 1.57. The maximum absolute atomic E-state index is 10.7. The number of ether oxygens (including phenoxy) is 1. The lowest BCUT2D eigenvalue weighted by Gasteiger charge is -2.13. The molecule has 16 heavy (non-hydrogen) atoms. The van der Waals surface area contributed by atoms with Crippen molar-refractivity contribution < 1.29 is 9.66 Å². The summed E-state index contributed by atoms with van der Waals surface area (Å²) in [6.07, 6.45) is 2.50. The van der Waals surface area contributed by atoms with Gasteiger partial charge in [-0.1, -0.05) is 13.8 Å². The van der Waals surface area contributed by atoms with Gasteiger partial charge in [0.2, 0.25) is 0 Å². The molecule has 0 bridgehead atoms. The fourth-order valence-corrected chi connectivity index (χ4v) is 1.57. The summed E-state index contributed by atoms with van der Waals surface area (Å²) in [5, 5.41) is 10.7. The van der Waals surface area contributed by atoms with Crippen LogP contribution >= 0.6 is 0 Å². The number of non-ortho nitro benzene ring substituents is 1. The van der Waals surface area contributed by atoms with Crippen molar-refractivity contribution in [2.75, 3.05) is 0 Å². The van der Waals surface area contributed by atoms with Crippen LogP contribution in [0.2, 0.25) is 0 Å². The third-order valence-electron chi connectivity index (χ3n) is 2.64. The van der Waals surface area contributed by atoms with Crippen LogP contribution in [-0.2, 0) is 0 Å². The Morgan fingerprint density at radius 1 is 1.44 bits per heavy atom. The molecule has 0 N–H and O–H groups in total. The molecular weight excluding hydrogens is 206 g/mol. The predicted molar refractivity (Wildman–Crippen MR) is 60.8 cm³/mol. The highest BCUT2D eigenvalue weighted by molar-refractivity contribution is 5.45. The highest BCUT2D eigenvalue weighted by Crippen LogP contribution is 2.34. The van der Waals surface area contributed by atoms with E-state index in [1.165, 1.54) is 6.07 Å². The Balaban J connectivity index is 2.31. The van der Waals surface area contributed by atoms with Crippen LogP contribution in [0.1, 0.15) is 38.2 Å². The molecule has 1 aromatic carbocycles. The molecule has 86 valence electrons. The summed E-state index contributed by atoms with van der Waals surface area (Å²) in [5.41, 5.74) is 1.05. The third-order valence-corrected chi connectivity index (χ3v) is 2.64. The molecule has 2 rings (SSSR count). The maximum atomic E-state index is 10.7. The van der Waals surface area contributed by atoms with Crippen LogP contribution in [0.3, 0.4) is 0 Å². The second-order valence-corrected chi connectivity index (χ2v) is 4.45. The molecule has 0 saturated heterocycles. The van der Waals surface area contributed by atoms with E-state index in [0.717, 1.165) is 24.2 Å². The summed E-state index contributed by atoms with van der Waals surface area (Å²) in [7, 11) is 0. The number of hydrogen-bond donors (Lipinski definition) is 0. The van der Waals surface area contributed by atoms with Gasteiger partial charge in [-0.2, -0.15) is 0 Å². The van der Waals surface area contributed by atoms with Gasteiger partial charge in [-0.05, 0) is 24.8 Å². The molecule has 0 aromatic heterocycles. The monoisotopic (exact) mass is 221 g/mol. The van der Waals surface area contributed by atoms with Crippen molar-refractivity contribution >= 4 is 5.69 Å². The van der Waals surface area contributed by atoms with Gasteiger partial charge in [-0.3, -0.25) is 10.1 Å². The number of nitro groups is 1. The predicted octanol–water partition coefficient (Wildman–Crippen LogP) is 3.26. The normalized spacial score (nSPS) is 15.2. The fraction of sp³-hybridized carbons (Fsp3) is 0.500. The first-order chi connectivity index (χ1) is 7.58. The highest BCUT2D eigenvalue weighted by Gasteiger charge is 2.25. The van der Waals surface area contributed by atoms with Gasteiger partial charge in [0, 0.05) is 17.7 Å². The van der Waals surface area contributed by atoms with Crippen LogP contribution in [0.25, 0.3) is 0 Å². The van der Waals surface area contributed by atoms with E-state index in [1.807, 2.05) is 13.8 Å². The minimum Gasteiger partial charge on any atom is -0.490 e. The molecule has 1 saturated carbocycles. The quantitative estimate of drug-likeness (QED) is 0.579. The molecule has 0 amide bonds. The minimum absolute atomic E-state index is 0.131. The van der Waals surface area contributed by atoms with Gasteiger partial charge in [0.05, 0.1) is 11.0 Å². The lowest BCUT2D eigenvalue weighted by Crippen LogP contribution is -2.02. The van der Waals surface area contributed by atoms with Gasteiger partial charge in [0.1, 0.15) is 5.75 Å². The van der Waals surface area contributed by atoms with E-state index < -0.39 is 0 Å². The van der Waals surface area contributed by atoms with E-state index in [-0.39, 0.29) is 16.5 Å². The molecule has 0 spiro atoms. The molecule has 1 aromatic rings. The van der Waals surface area contributed by atoms with Crippen LogP contribution in [-0.4, -0.2) is 11.0 Å². The zero-order valence-corrected chi connectivity index (χ0v) is 9.47. The molecule has 1 fully saturated rings. The molecule has 0 radical (unpaired) electrons. The molecule has 4 heteroatoms. The minimum atomic E-state index is -0.368. The van der Waals surface area contributed by atoms with Gasteiger partial charge in [-0.25, -0.2) is 0 Å². The Labute approximate surface area is 94.4 Å². The van der Waals surface area contributed by atoms with Gasteiger partial charge in [0.25, 0.3) is 5.69 Å². The van der Waals surface area contributed by atoms with E-state index in [1.54, 1.807) is 12.1 Å². The van der Waals surface area contributed by atoms with Crippen molar-refractivity contribution in [3.05, 3.63) is 33.9 Å². The summed E-state index contributed by atoms with van der Waals surface area (Å²) in [4.78, 5) is 10.3. The summed E-state index contributed by atoms with van der Waals surface area (Å²) < 4.78 is 5.73. The van der Waals surface area contributed by atoms with E-state index in [0.29, 0.717) is 6.10 Å². The lowest BCUT2D eigenvalue weighted by atomic mass is 10.0. The summed E-state index contributed by atoms with van der Waals surface area (Å²) in [6.45, 7) is 4.03. The lowest BCUT2D eigenvalue weighted by molar-refractivity contribution is -0.385. The van der Waals surface area contributed by atoms with Crippen LogP contribution in [0.15, 0.2) is 18.2 Å². The number of benzene rings is 1. The van der Waals surface area contributed by atoms with Crippen molar-refractivity contribution in [1.82, 2.24) is 0 Å². The first kappa shape index (κ1) is 10.9. The zero-order chi connectivity index (χ0) is 11.7. The van der Waals surface area contributed by atoms with Crippen LogP contribution in [0.4, 0.5) is 5.69 Å². The first-order valence-electron chi connectivity index (χ1n) is 5.53. The number of nitrogens with zero attached hydrogens (tertiary/aromatic N) is 1. The van der Waals surface area contributed by atoms with Crippen molar-refractivity contribution in [3.63, 3.8) is 0 Å². The van der Waals surface area contributed by atoms with Crippen molar-refractivity contribution in [2.45, 2.75) is 38.7 Å². The van der Waals surface area contributed by atoms with Crippen LogP contribution < -0.4 is 4.74 Å². The first-order valence-corrected chi connectivity index (χ1v) is 5.53. The van der Waals surface area contributed by atoms with Crippen molar-refractivity contribution in [3.8, 4) is 5.75 Å². The number of rotatable bonds is 4. The maximum Gasteiger partial charge on any atom is 0.269 e. The molecule has 0 unspecified atom stereocenters. The number of hydrogen-bond acceptors (Lipinski definition) is 3. The Morgan fingerprint density at radius 2 is 2.12 bits per heavy atom. The third kappa shape index (κ3) is 2.32. The molecule has 0 aliphatic heterocycles. The van der Waals surface area contributed by atoms with E-state index in [4.69, 9.17) is 4.74 Å². The molecular formula is C12H15NO3. The molecule has 1 aliphatic carbocycles. The van der Waals surface area contributed by atoms with Crippen molar-refractivity contribution in [2.24, 2.45) is 0 Å². The topological polar surface area (TPSA) is 52.4 Å². The molecule has 0 atom stereocenters. The average Bonchev–Trinajstić information content (AvgIpc) is 3.01. The summed E-state index contributed by atoms with van der Waals surface area (Å²) in [5.74, 6) is 1.02. The summed E-state index contributed by atoms with van der Waals surface area (Å²) >= 11 is 0. The summed E-state index contributed by atoms with van der Waals surface area (Å²) in [6, 6.07) is 4.83. The van der Waals surface area contributed by atoms with Crippen LogP contribution in [0.5, 0.6) is 5.75 Å². The largest absolute Gasteiger partial charge is 0.490 e. The van der Waals surface area contributed by atoms with Gasteiger partial charge in [0.15, 0.2) is 0 Å². The van der Waals surface area contributed by atoms with E-state index in [9.17, 15) is 10.1 Å². The van der Waals surface area contributed by atoms with Gasteiger partial charge < -0.3 is 4.74 Å². The standard InChI is InChI=1S/C12H15NO3/c1-8(2)11-7-9(13(14)15)3-6-12(11)16-10-4-5-10/h3,6-8,10H,4-5H2,1-2H3. The second-order valence-electron chi connectivity index (χ2n) is 4.45. The SMILES string of the molecule is CC(C)c1cc([N+](=O)[O-])ccc1OC1CC1. The Bertz CT molecular complexity index is 411. The highest BCUT2D eigenvalue weighted by atomic mass is 16.6. The van der Waals surface area contributed by atoms with Gasteiger partial charge >= 0.3 is 0 Å². The second kappa shape index (κ2) is 4.12. The molecule has 1 aliphatic rings. The zero-order valence-electron chi connectivity index (χ0n) is 9.47. The van der Waals surface area contributed by atoms with Crippen LogP contribution in [0, 0.1) is 10.1 Å². The smallest absolute Gasteiger partial charge is 0.269 e. The van der Waals surface area contributed by atoms with E-state index >= 15 is 0 Å². The van der Waals surface area contributed by atoms with E-state index in [2.05, 4.69) is 0 Å².